The zero-order valence-electron chi connectivity index (χ0n) is 14.4. The van der Waals surface area contributed by atoms with Gasteiger partial charge in [0.15, 0.2) is 11.4 Å². The van der Waals surface area contributed by atoms with Crippen molar-refractivity contribution in [2.75, 3.05) is 18.8 Å². The van der Waals surface area contributed by atoms with Crippen LogP contribution in [0.1, 0.15) is 18.4 Å². The average Bonchev–Trinajstić information content (AvgIpc) is 3.18. The first kappa shape index (κ1) is 18.2. The smallest absolute Gasteiger partial charge is 0.360 e. The number of nitrogens with zero attached hydrogens (tertiary/aromatic N) is 3. The number of H-pyrrole nitrogens is 1. The molecule has 0 saturated carbocycles. The number of aromatic amines is 1. The molecule has 0 bridgehead atoms. The van der Waals surface area contributed by atoms with E-state index in [-0.39, 0.29) is 24.9 Å². The first-order valence-electron chi connectivity index (χ1n) is 8.41. The Kier molecular flexibility index (Phi) is 4.15. The second kappa shape index (κ2) is 6.16. The second-order valence-electron chi connectivity index (χ2n) is 6.93. The Balaban J connectivity index is 1.75. The molecule has 1 N–H and O–H groups in total. The number of rotatable bonds is 3. The zero-order chi connectivity index (χ0) is 19.4. The largest absolute Gasteiger partial charge is 0.404 e. The van der Waals surface area contributed by atoms with Crippen molar-refractivity contribution in [3.05, 3.63) is 36.3 Å². The van der Waals surface area contributed by atoms with Gasteiger partial charge in [0.2, 0.25) is 10.0 Å². The van der Waals surface area contributed by atoms with Crippen molar-refractivity contribution in [1.82, 2.24) is 19.3 Å². The van der Waals surface area contributed by atoms with Crippen molar-refractivity contribution in [2.24, 2.45) is 5.92 Å². The lowest BCUT2D eigenvalue weighted by atomic mass is 9.88. The van der Waals surface area contributed by atoms with E-state index < -0.39 is 22.0 Å². The monoisotopic (exact) mass is 398 g/mol. The number of aromatic nitrogens is 3. The van der Waals surface area contributed by atoms with Crippen molar-refractivity contribution in [1.29, 1.82) is 0 Å². The highest BCUT2D eigenvalue weighted by atomic mass is 32.2. The fraction of sp³-hybridized carbons (Fsp3) is 0.412. The summed E-state index contributed by atoms with van der Waals surface area (Å²) < 4.78 is 63.3. The third-order valence-corrected chi connectivity index (χ3v) is 6.82. The summed E-state index contributed by atoms with van der Waals surface area (Å²) in [5.41, 5.74) is 2.24. The lowest BCUT2D eigenvalue weighted by Gasteiger charge is -2.19. The summed E-state index contributed by atoms with van der Waals surface area (Å²) >= 11 is 0. The van der Waals surface area contributed by atoms with E-state index in [4.69, 9.17) is 0 Å². The SMILES string of the molecule is CC1CN(S(=O)(=O)CC(F)(F)F)CC1c1cc[nH]c2cnc3nccc3c12. The number of halogens is 3. The Labute approximate surface area is 153 Å². The van der Waals surface area contributed by atoms with Crippen molar-refractivity contribution >= 4 is 32.0 Å². The summed E-state index contributed by atoms with van der Waals surface area (Å²) in [7, 11) is -4.40. The lowest BCUT2D eigenvalue weighted by Crippen LogP contribution is -2.36. The first-order chi connectivity index (χ1) is 12.7. The average molecular weight is 398 g/mol. The van der Waals surface area contributed by atoms with Gasteiger partial charge < -0.3 is 4.98 Å². The molecule has 1 saturated heterocycles. The van der Waals surface area contributed by atoms with E-state index in [9.17, 15) is 21.6 Å². The molecule has 27 heavy (non-hydrogen) atoms. The molecule has 144 valence electrons. The number of fused-ring (bicyclic) bond motifs is 3. The molecule has 1 aliphatic rings. The Morgan fingerprint density at radius 3 is 2.78 bits per heavy atom. The predicted octanol–water partition coefficient (Wildman–Crippen LogP) is 3.04. The van der Waals surface area contributed by atoms with Crippen molar-refractivity contribution in [3.63, 3.8) is 0 Å². The Hall–Kier alpha value is -2.20. The Morgan fingerprint density at radius 2 is 2.04 bits per heavy atom. The molecule has 4 rings (SSSR count). The van der Waals surface area contributed by atoms with Gasteiger partial charge in [0, 0.05) is 42.2 Å². The van der Waals surface area contributed by atoms with Crippen LogP contribution in [0.3, 0.4) is 0 Å². The number of hydrogen-bond donors (Lipinski definition) is 1. The van der Waals surface area contributed by atoms with Gasteiger partial charge in [0.25, 0.3) is 0 Å². The molecule has 0 radical (unpaired) electrons. The molecule has 0 amide bonds. The maximum absolute atomic E-state index is 12.6. The Bertz CT molecular complexity index is 1110. The van der Waals surface area contributed by atoms with E-state index in [0.29, 0.717) is 5.65 Å². The van der Waals surface area contributed by atoms with Crippen LogP contribution in [0.5, 0.6) is 0 Å². The molecule has 1 fully saturated rings. The van der Waals surface area contributed by atoms with Crippen LogP contribution >= 0.6 is 0 Å². The van der Waals surface area contributed by atoms with Crippen molar-refractivity contribution in [3.8, 4) is 0 Å². The summed E-state index contributed by atoms with van der Waals surface area (Å²) in [6.07, 6.45) is 0.284. The maximum Gasteiger partial charge on any atom is 0.404 e. The van der Waals surface area contributed by atoms with E-state index in [1.165, 1.54) is 0 Å². The van der Waals surface area contributed by atoms with Crippen LogP contribution < -0.4 is 0 Å². The van der Waals surface area contributed by atoms with Crippen LogP contribution in [0, 0.1) is 5.92 Å². The van der Waals surface area contributed by atoms with Crippen LogP contribution in [0.15, 0.2) is 30.7 Å². The quantitative estimate of drug-likeness (QED) is 0.736. The summed E-state index contributed by atoms with van der Waals surface area (Å²) in [5, 5.41) is 1.72. The van der Waals surface area contributed by atoms with Gasteiger partial charge in [-0.3, -0.25) is 0 Å². The van der Waals surface area contributed by atoms with Gasteiger partial charge in [-0.05, 0) is 23.6 Å². The maximum atomic E-state index is 12.6. The molecule has 0 aliphatic carbocycles. The molecule has 10 heteroatoms. The van der Waals surface area contributed by atoms with Crippen LogP contribution in [-0.4, -0.2) is 52.7 Å². The number of alkyl halides is 3. The highest BCUT2D eigenvalue weighted by Gasteiger charge is 2.43. The fourth-order valence-corrected chi connectivity index (χ4v) is 5.29. The summed E-state index contributed by atoms with van der Waals surface area (Å²) in [5.74, 6) is -2.17. The highest BCUT2D eigenvalue weighted by molar-refractivity contribution is 7.89. The molecule has 3 aromatic rings. The zero-order valence-corrected chi connectivity index (χ0v) is 15.2. The summed E-state index contributed by atoms with van der Waals surface area (Å²) in [6, 6.07) is 3.69. The Morgan fingerprint density at radius 1 is 1.26 bits per heavy atom. The topological polar surface area (TPSA) is 79.0 Å². The van der Waals surface area contributed by atoms with Crippen molar-refractivity contribution in [2.45, 2.75) is 19.0 Å². The minimum atomic E-state index is -4.76. The third kappa shape index (κ3) is 3.27. The number of pyridine rings is 2. The van der Waals surface area contributed by atoms with E-state index in [0.717, 1.165) is 26.2 Å². The van der Waals surface area contributed by atoms with Gasteiger partial charge >= 0.3 is 6.18 Å². The van der Waals surface area contributed by atoms with Gasteiger partial charge in [-0.1, -0.05) is 6.92 Å². The molecule has 0 aromatic carbocycles. The van der Waals surface area contributed by atoms with Crippen LogP contribution in [0.4, 0.5) is 13.2 Å². The molecular formula is C17H17F3N4O2S. The molecular weight excluding hydrogens is 381 g/mol. The molecule has 4 heterocycles. The molecule has 2 atom stereocenters. The molecule has 0 spiro atoms. The molecule has 3 aromatic heterocycles. The van der Waals surface area contributed by atoms with E-state index >= 15 is 0 Å². The van der Waals surface area contributed by atoms with Gasteiger partial charge in [0.05, 0.1) is 11.7 Å². The normalized spacial score (nSPS) is 22.1. The fourth-order valence-electron chi connectivity index (χ4n) is 3.85. The van der Waals surface area contributed by atoms with Gasteiger partial charge in [-0.15, -0.1) is 0 Å². The number of hydrogen-bond acceptors (Lipinski definition) is 4. The minimum Gasteiger partial charge on any atom is -0.360 e. The van der Waals surface area contributed by atoms with Crippen LogP contribution in [0.25, 0.3) is 21.9 Å². The van der Waals surface area contributed by atoms with Crippen molar-refractivity contribution < 1.29 is 21.6 Å². The minimum absolute atomic E-state index is 0.0245. The van der Waals surface area contributed by atoms with Crippen LogP contribution in [0.2, 0.25) is 0 Å². The van der Waals surface area contributed by atoms with Gasteiger partial charge in [0.1, 0.15) is 0 Å². The molecule has 2 unspecified atom stereocenters. The van der Waals surface area contributed by atoms with E-state index in [1.807, 2.05) is 19.1 Å². The predicted molar refractivity (Wildman–Crippen MR) is 94.7 cm³/mol. The van der Waals surface area contributed by atoms with E-state index in [2.05, 4.69) is 15.0 Å². The lowest BCUT2D eigenvalue weighted by molar-refractivity contribution is -0.107. The third-order valence-electron chi connectivity index (χ3n) is 5.04. The second-order valence-corrected chi connectivity index (χ2v) is 8.90. The van der Waals surface area contributed by atoms with E-state index in [1.54, 1.807) is 18.6 Å². The molecule has 1 aliphatic heterocycles. The van der Waals surface area contributed by atoms with Gasteiger partial charge in [-0.25, -0.2) is 22.7 Å². The van der Waals surface area contributed by atoms with Gasteiger partial charge in [-0.2, -0.15) is 13.2 Å². The highest BCUT2D eigenvalue weighted by Crippen LogP contribution is 2.39. The standard InChI is InChI=1S/C17H17F3N4O2S/c1-10-7-24(27(25,26)9-17(18,19)20)8-13(10)11-2-4-21-14-6-23-16-12(15(11)14)3-5-22-16/h2-6,10,13,21H,7-9H2,1H3. The van der Waals surface area contributed by atoms with Crippen LogP contribution in [-0.2, 0) is 10.0 Å². The summed E-state index contributed by atoms with van der Waals surface area (Å²) in [6.45, 7) is 1.95. The first-order valence-corrected chi connectivity index (χ1v) is 10.0. The number of sulfonamides is 1. The molecule has 6 nitrogen and oxygen atoms in total. The number of nitrogens with one attached hydrogen (secondary N) is 1. The summed E-state index contributed by atoms with van der Waals surface area (Å²) in [4.78, 5) is 11.6.